The number of hydrogen-bond donors (Lipinski definition) is 1. The van der Waals surface area contributed by atoms with Crippen LogP contribution in [0.2, 0.25) is 5.02 Å². The predicted molar refractivity (Wildman–Crippen MR) is 55.9 cm³/mol. The van der Waals surface area contributed by atoms with Gasteiger partial charge >= 0.3 is 0 Å². The largest absolute Gasteiger partial charge is 0.307 e. The molecule has 0 bridgehead atoms. The SMILES string of the molecule is CC1(NCc2cc(F)cc(Cl)c2)CC1. The summed E-state index contributed by atoms with van der Waals surface area (Å²) in [6, 6.07) is 4.64. The van der Waals surface area contributed by atoms with Gasteiger partial charge in [0.2, 0.25) is 0 Å². The fourth-order valence-electron chi connectivity index (χ4n) is 1.39. The molecule has 76 valence electrons. The maximum atomic E-state index is 13.0. The van der Waals surface area contributed by atoms with Gasteiger partial charge in [-0.2, -0.15) is 0 Å². The molecule has 1 aromatic carbocycles. The first-order valence-corrected chi connectivity index (χ1v) is 5.15. The van der Waals surface area contributed by atoms with Gasteiger partial charge in [0.15, 0.2) is 0 Å². The van der Waals surface area contributed by atoms with Crippen LogP contribution in [0, 0.1) is 5.82 Å². The Kier molecular flexibility index (Phi) is 2.50. The molecule has 0 radical (unpaired) electrons. The maximum Gasteiger partial charge on any atom is 0.125 e. The third kappa shape index (κ3) is 2.46. The van der Waals surface area contributed by atoms with Crippen molar-refractivity contribution in [1.82, 2.24) is 5.32 Å². The van der Waals surface area contributed by atoms with E-state index in [1.54, 1.807) is 6.07 Å². The van der Waals surface area contributed by atoms with Crippen LogP contribution in [0.4, 0.5) is 4.39 Å². The van der Waals surface area contributed by atoms with Crippen molar-refractivity contribution in [1.29, 1.82) is 0 Å². The molecule has 0 spiro atoms. The van der Waals surface area contributed by atoms with Crippen molar-refractivity contribution in [2.24, 2.45) is 0 Å². The first-order valence-electron chi connectivity index (χ1n) is 4.77. The summed E-state index contributed by atoms with van der Waals surface area (Å²) in [7, 11) is 0. The Morgan fingerprint density at radius 2 is 2.14 bits per heavy atom. The van der Waals surface area contributed by atoms with Gasteiger partial charge in [-0.3, -0.25) is 0 Å². The highest BCUT2D eigenvalue weighted by molar-refractivity contribution is 6.30. The van der Waals surface area contributed by atoms with Crippen LogP contribution in [0.15, 0.2) is 18.2 Å². The van der Waals surface area contributed by atoms with Gasteiger partial charge in [0, 0.05) is 17.1 Å². The van der Waals surface area contributed by atoms with Crippen molar-refractivity contribution < 1.29 is 4.39 Å². The van der Waals surface area contributed by atoms with Crippen molar-refractivity contribution in [3.05, 3.63) is 34.6 Å². The Balaban J connectivity index is 2.01. The van der Waals surface area contributed by atoms with Gasteiger partial charge in [0.25, 0.3) is 0 Å². The van der Waals surface area contributed by atoms with Gasteiger partial charge in [0.1, 0.15) is 5.82 Å². The molecular weight excluding hydrogens is 201 g/mol. The number of halogens is 2. The summed E-state index contributed by atoms with van der Waals surface area (Å²) in [6.45, 7) is 2.86. The van der Waals surface area contributed by atoms with Gasteiger partial charge < -0.3 is 5.32 Å². The molecule has 3 heteroatoms. The lowest BCUT2D eigenvalue weighted by molar-refractivity contribution is 0.535. The minimum Gasteiger partial charge on any atom is -0.307 e. The summed E-state index contributed by atoms with van der Waals surface area (Å²) in [5, 5.41) is 3.84. The molecule has 1 N–H and O–H groups in total. The molecule has 0 unspecified atom stereocenters. The number of hydrogen-bond acceptors (Lipinski definition) is 1. The van der Waals surface area contributed by atoms with Crippen molar-refractivity contribution in [3.63, 3.8) is 0 Å². The minimum atomic E-state index is -0.268. The second-order valence-electron chi connectivity index (χ2n) is 4.19. The van der Waals surface area contributed by atoms with E-state index >= 15 is 0 Å². The highest BCUT2D eigenvalue weighted by Crippen LogP contribution is 2.34. The highest BCUT2D eigenvalue weighted by atomic mass is 35.5. The second kappa shape index (κ2) is 3.52. The Bertz CT molecular complexity index is 327. The molecule has 0 aliphatic heterocycles. The van der Waals surface area contributed by atoms with E-state index in [9.17, 15) is 4.39 Å². The standard InChI is InChI=1S/C11H13ClFN/c1-11(2-3-11)14-7-8-4-9(12)6-10(13)5-8/h4-6,14H,2-3,7H2,1H3. The van der Waals surface area contributed by atoms with Gasteiger partial charge in [0.05, 0.1) is 0 Å². The molecule has 14 heavy (non-hydrogen) atoms. The van der Waals surface area contributed by atoms with Crippen LogP contribution in [-0.4, -0.2) is 5.54 Å². The molecule has 0 amide bonds. The predicted octanol–water partition coefficient (Wildman–Crippen LogP) is 3.12. The van der Waals surface area contributed by atoms with Crippen molar-refractivity contribution in [2.75, 3.05) is 0 Å². The van der Waals surface area contributed by atoms with E-state index in [2.05, 4.69) is 12.2 Å². The lowest BCUT2D eigenvalue weighted by atomic mass is 10.2. The average molecular weight is 214 g/mol. The van der Waals surface area contributed by atoms with Crippen molar-refractivity contribution in [3.8, 4) is 0 Å². The Morgan fingerprint density at radius 3 is 2.71 bits per heavy atom. The molecule has 1 nitrogen and oxygen atoms in total. The van der Waals surface area contributed by atoms with Crippen molar-refractivity contribution >= 4 is 11.6 Å². The molecule has 0 aromatic heterocycles. The first kappa shape index (κ1) is 9.94. The van der Waals surface area contributed by atoms with Crippen LogP contribution in [0.25, 0.3) is 0 Å². The van der Waals surface area contributed by atoms with Crippen LogP contribution in [-0.2, 0) is 6.54 Å². The zero-order valence-corrected chi connectivity index (χ0v) is 8.87. The maximum absolute atomic E-state index is 13.0. The summed E-state index contributed by atoms with van der Waals surface area (Å²) in [6.07, 6.45) is 2.41. The number of nitrogens with one attached hydrogen (secondary N) is 1. The van der Waals surface area contributed by atoms with Gasteiger partial charge in [-0.1, -0.05) is 11.6 Å². The summed E-state index contributed by atoms with van der Waals surface area (Å²) in [5.74, 6) is -0.268. The van der Waals surface area contributed by atoms with Crippen LogP contribution in [0.3, 0.4) is 0 Å². The van der Waals surface area contributed by atoms with E-state index in [0.29, 0.717) is 11.6 Å². The summed E-state index contributed by atoms with van der Waals surface area (Å²) in [4.78, 5) is 0. The van der Waals surface area contributed by atoms with Crippen LogP contribution < -0.4 is 5.32 Å². The number of benzene rings is 1. The lowest BCUT2D eigenvalue weighted by Gasteiger charge is -2.11. The first-order chi connectivity index (χ1) is 6.57. The molecule has 0 heterocycles. The van der Waals surface area contributed by atoms with Crippen LogP contribution >= 0.6 is 11.6 Å². The van der Waals surface area contributed by atoms with Gasteiger partial charge in [-0.05, 0) is 43.5 Å². The van der Waals surface area contributed by atoms with Crippen LogP contribution in [0.1, 0.15) is 25.3 Å². The van der Waals surface area contributed by atoms with Crippen molar-refractivity contribution in [2.45, 2.75) is 31.8 Å². The van der Waals surface area contributed by atoms with E-state index in [4.69, 9.17) is 11.6 Å². The van der Waals surface area contributed by atoms with E-state index in [1.807, 2.05) is 0 Å². The summed E-state index contributed by atoms with van der Waals surface area (Å²) in [5.41, 5.74) is 1.18. The van der Waals surface area contributed by atoms with E-state index in [-0.39, 0.29) is 11.4 Å². The Morgan fingerprint density at radius 1 is 1.43 bits per heavy atom. The highest BCUT2D eigenvalue weighted by Gasteiger charge is 2.36. The summed E-state index contributed by atoms with van der Waals surface area (Å²) < 4.78 is 13.0. The van der Waals surface area contributed by atoms with E-state index < -0.39 is 0 Å². The average Bonchev–Trinajstić information content (AvgIpc) is 2.80. The third-order valence-corrected chi connectivity index (χ3v) is 2.86. The molecule has 1 aliphatic carbocycles. The van der Waals surface area contributed by atoms with Crippen LogP contribution in [0.5, 0.6) is 0 Å². The monoisotopic (exact) mass is 213 g/mol. The summed E-state index contributed by atoms with van der Waals surface area (Å²) >= 11 is 5.75. The molecule has 0 atom stereocenters. The molecular formula is C11H13ClFN. The molecule has 1 saturated carbocycles. The van der Waals surface area contributed by atoms with Gasteiger partial charge in [-0.15, -0.1) is 0 Å². The zero-order chi connectivity index (χ0) is 10.2. The third-order valence-electron chi connectivity index (χ3n) is 2.64. The smallest absolute Gasteiger partial charge is 0.125 e. The normalized spacial score (nSPS) is 18.2. The number of rotatable bonds is 3. The molecule has 2 rings (SSSR count). The second-order valence-corrected chi connectivity index (χ2v) is 4.63. The molecule has 1 aromatic rings. The fraction of sp³-hybridized carbons (Fsp3) is 0.455. The molecule has 1 aliphatic rings. The van der Waals surface area contributed by atoms with E-state index in [0.717, 1.165) is 5.56 Å². The Hall–Kier alpha value is -0.600. The quantitative estimate of drug-likeness (QED) is 0.814. The van der Waals surface area contributed by atoms with Gasteiger partial charge in [-0.25, -0.2) is 4.39 Å². The Labute approximate surface area is 88.3 Å². The van der Waals surface area contributed by atoms with E-state index in [1.165, 1.54) is 25.0 Å². The zero-order valence-electron chi connectivity index (χ0n) is 8.11. The molecule has 0 saturated heterocycles. The molecule has 1 fully saturated rings. The fourth-order valence-corrected chi connectivity index (χ4v) is 1.64. The lowest BCUT2D eigenvalue weighted by Crippen LogP contribution is -2.26. The topological polar surface area (TPSA) is 12.0 Å². The minimum absolute atomic E-state index is 0.268.